The molecule has 1 fully saturated rings. The molecule has 2 heterocycles. The van der Waals surface area contributed by atoms with E-state index in [0.29, 0.717) is 6.07 Å². The molecule has 10 heteroatoms. The molecule has 0 bridgehead atoms. The summed E-state index contributed by atoms with van der Waals surface area (Å²) in [7, 11) is 0. The van der Waals surface area contributed by atoms with Crippen molar-refractivity contribution < 1.29 is 31.9 Å². The van der Waals surface area contributed by atoms with Gasteiger partial charge >= 0.3 is 12.3 Å². The average Bonchev–Trinajstić information content (AvgIpc) is 3.07. The van der Waals surface area contributed by atoms with E-state index in [1.807, 2.05) is 0 Å². The van der Waals surface area contributed by atoms with E-state index in [-0.39, 0.29) is 23.7 Å². The number of rotatable bonds is 4. The molecule has 1 aliphatic rings. The number of carbonyl (C=O) groups excluding carboxylic acids is 2. The van der Waals surface area contributed by atoms with Crippen molar-refractivity contribution in [2.45, 2.75) is 19.1 Å². The fourth-order valence-corrected chi connectivity index (χ4v) is 2.98. The topological polar surface area (TPSA) is 62.7 Å². The largest absolute Gasteiger partial charge is 0.446 e. The van der Waals surface area contributed by atoms with Crippen molar-refractivity contribution in [2.75, 3.05) is 23.0 Å². The highest BCUT2D eigenvalue weighted by Gasteiger charge is 2.43. The predicted octanol–water partition coefficient (Wildman–Crippen LogP) is 3.54. The van der Waals surface area contributed by atoms with Gasteiger partial charge in [0.05, 0.1) is 12.1 Å². The van der Waals surface area contributed by atoms with Gasteiger partial charge in [0.15, 0.2) is 6.04 Å². The molecule has 0 N–H and O–H groups in total. The van der Waals surface area contributed by atoms with Crippen molar-refractivity contribution in [1.29, 1.82) is 0 Å². The van der Waals surface area contributed by atoms with Crippen LogP contribution >= 0.6 is 0 Å². The number of cyclic esters (lactones) is 1. The number of nitrogens with zero attached hydrogens (tertiary/aromatic N) is 3. The van der Waals surface area contributed by atoms with E-state index in [2.05, 4.69) is 10.9 Å². The van der Waals surface area contributed by atoms with Crippen molar-refractivity contribution in [3.8, 4) is 12.3 Å². The highest BCUT2D eigenvalue weighted by atomic mass is 19.4. The number of anilines is 2. The van der Waals surface area contributed by atoms with Gasteiger partial charge < -0.3 is 4.74 Å². The molecule has 2 amide bonds. The Balaban J connectivity index is 1.99. The number of hydrogen-bond acceptors (Lipinski definition) is 4. The first-order valence-electron chi connectivity index (χ1n) is 8.64. The number of alkyl halides is 3. The van der Waals surface area contributed by atoms with Crippen LogP contribution in [-0.2, 0) is 15.7 Å². The summed E-state index contributed by atoms with van der Waals surface area (Å²) >= 11 is 0. The third kappa shape index (κ3) is 4.20. The Morgan fingerprint density at radius 3 is 2.60 bits per heavy atom. The molecule has 1 atom stereocenters. The molecule has 1 aromatic carbocycles. The second-order valence-electron chi connectivity index (χ2n) is 6.42. The Kier molecular flexibility index (Phi) is 5.64. The number of aromatic nitrogens is 1. The summed E-state index contributed by atoms with van der Waals surface area (Å²) in [5, 5.41) is 0. The molecule has 6 nitrogen and oxygen atoms in total. The Hall–Kier alpha value is -3.61. The molecule has 0 radical (unpaired) electrons. The fraction of sp³-hybridized carbons (Fsp3) is 0.250. The second-order valence-corrected chi connectivity index (χ2v) is 6.42. The molecule has 2 aromatic rings. The molecule has 30 heavy (non-hydrogen) atoms. The van der Waals surface area contributed by atoms with Gasteiger partial charge in [0.25, 0.3) is 5.91 Å². The number of pyridine rings is 1. The third-order valence-corrected chi connectivity index (χ3v) is 4.33. The summed E-state index contributed by atoms with van der Waals surface area (Å²) in [4.78, 5) is 31.2. The number of terminal acetylenes is 1. The Labute approximate surface area is 169 Å². The maximum atomic E-state index is 13.2. The Morgan fingerprint density at radius 1 is 1.33 bits per heavy atom. The first-order chi connectivity index (χ1) is 14.1. The van der Waals surface area contributed by atoms with Gasteiger partial charge in [0.2, 0.25) is 0 Å². The zero-order chi connectivity index (χ0) is 22.1. The van der Waals surface area contributed by atoms with E-state index in [1.54, 1.807) is 0 Å². The molecule has 0 saturated carbocycles. The summed E-state index contributed by atoms with van der Waals surface area (Å²) in [5.41, 5.74) is -0.758. The van der Waals surface area contributed by atoms with E-state index >= 15 is 0 Å². The number of amides is 2. The average molecular weight is 421 g/mol. The number of carbonyl (C=O) groups is 2. The summed E-state index contributed by atoms with van der Waals surface area (Å²) in [6, 6.07) is 5.08. The lowest BCUT2D eigenvalue weighted by atomic mass is 10.1. The molecular weight excluding hydrogens is 406 g/mol. The highest BCUT2D eigenvalue weighted by Crippen LogP contribution is 2.33. The van der Waals surface area contributed by atoms with Crippen molar-refractivity contribution >= 4 is 23.5 Å². The van der Waals surface area contributed by atoms with Gasteiger partial charge in [-0.2, -0.15) is 13.2 Å². The summed E-state index contributed by atoms with van der Waals surface area (Å²) in [6.07, 6.45) is -0.359. The van der Waals surface area contributed by atoms with Gasteiger partial charge in [-0.1, -0.05) is 5.92 Å². The summed E-state index contributed by atoms with van der Waals surface area (Å²) < 4.78 is 57.7. The van der Waals surface area contributed by atoms with Crippen LogP contribution in [0.4, 0.5) is 33.9 Å². The van der Waals surface area contributed by atoms with E-state index in [4.69, 9.17) is 11.2 Å². The monoisotopic (exact) mass is 421 g/mol. The summed E-state index contributed by atoms with van der Waals surface area (Å²) in [6.45, 7) is 0.717. The minimum Gasteiger partial charge on any atom is -0.446 e. The molecular formula is C20H15F4N3O3. The van der Waals surface area contributed by atoms with Crippen molar-refractivity contribution in [2.24, 2.45) is 0 Å². The minimum absolute atomic E-state index is 0.00439. The first kappa shape index (κ1) is 21.1. The number of benzene rings is 1. The SMILES string of the molecule is C#CCN(C(=O)C1COC(=O)N1c1cc(C(F)(F)F)cc(C)n1)c1ccc(F)cc1. The lowest BCUT2D eigenvalue weighted by Crippen LogP contribution is -2.48. The van der Waals surface area contributed by atoms with Crippen LogP contribution in [0.15, 0.2) is 36.4 Å². The van der Waals surface area contributed by atoms with Crippen LogP contribution in [0.3, 0.4) is 0 Å². The summed E-state index contributed by atoms with van der Waals surface area (Å²) in [5.74, 6) is 0.682. The Morgan fingerprint density at radius 2 is 2.00 bits per heavy atom. The van der Waals surface area contributed by atoms with Crippen molar-refractivity contribution in [3.63, 3.8) is 0 Å². The van der Waals surface area contributed by atoms with E-state index in [1.165, 1.54) is 19.1 Å². The molecule has 0 aliphatic carbocycles. The van der Waals surface area contributed by atoms with E-state index in [9.17, 15) is 27.2 Å². The van der Waals surface area contributed by atoms with E-state index < -0.39 is 42.2 Å². The lowest BCUT2D eigenvalue weighted by Gasteiger charge is -2.27. The molecule has 1 aromatic heterocycles. The Bertz CT molecular complexity index is 1020. The highest BCUT2D eigenvalue weighted by molar-refractivity contribution is 6.06. The van der Waals surface area contributed by atoms with Gasteiger partial charge in [0, 0.05) is 11.4 Å². The van der Waals surface area contributed by atoms with Crippen molar-refractivity contribution in [1.82, 2.24) is 4.98 Å². The number of ether oxygens (including phenoxy) is 1. The molecule has 0 spiro atoms. The van der Waals surface area contributed by atoms with Gasteiger partial charge in [-0.25, -0.2) is 19.1 Å². The van der Waals surface area contributed by atoms with Crippen LogP contribution in [0.1, 0.15) is 11.3 Å². The number of hydrogen-bond donors (Lipinski definition) is 0. The van der Waals surface area contributed by atoms with Gasteiger partial charge in [-0.3, -0.25) is 9.69 Å². The minimum atomic E-state index is -4.67. The van der Waals surface area contributed by atoms with Gasteiger partial charge in [-0.05, 0) is 43.3 Å². The normalized spacial score (nSPS) is 16.2. The number of halogens is 4. The quantitative estimate of drug-likeness (QED) is 0.560. The van der Waals surface area contributed by atoms with Gasteiger partial charge in [-0.15, -0.1) is 6.42 Å². The first-order valence-corrected chi connectivity index (χ1v) is 8.64. The zero-order valence-electron chi connectivity index (χ0n) is 15.6. The zero-order valence-corrected chi connectivity index (χ0v) is 15.6. The van der Waals surface area contributed by atoms with Crippen LogP contribution in [-0.4, -0.2) is 36.2 Å². The third-order valence-electron chi connectivity index (χ3n) is 4.33. The van der Waals surface area contributed by atoms with Crippen LogP contribution in [0.5, 0.6) is 0 Å². The molecule has 3 rings (SSSR count). The smallest absolute Gasteiger partial charge is 0.416 e. The standard InChI is InChI=1S/C20H15F4N3O3/c1-3-8-26(15-6-4-14(21)5-7-15)18(28)16-11-30-19(29)27(16)17-10-13(20(22,23)24)9-12(2)25-17/h1,4-7,9-10,16H,8,11H2,2H3. The molecule has 1 unspecified atom stereocenters. The fourth-order valence-electron chi connectivity index (χ4n) is 2.98. The van der Waals surface area contributed by atoms with Crippen LogP contribution in [0, 0.1) is 25.1 Å². The molecule has 1 saturated heterocycles. The van der Waals surface area contributed by atoms with Crippen LogP contribution in [0.25, 0.3) is 0 Å². The maximum absolute atomic E-state index is 13.2. The lowest BCUT2D eigenvalue weighted by molar-refractivity contribution is -0.137. The molecule has 156 valence electrons. The van der Waals surface area contributed by atoms with Gasteiger partial charge in [0.1, 0.15) is 18.2 Å². The molecule has 1 aliphatic heterocycles. The maximum Gasteiger partial charge on any atom is 0.416 e. The van der Waals surface area contributed by atoms with E-state index in [0.717, 1.165) is 28.0 Å². The predicted molar refractivity (Wildman–Crippen MR) is 99.2 cm³/mol. The number of aryl methyl sites for hydroxylation is 1. The second kappa shape index (κ2) is 8.02. The van der Waals surface area contributed by atoms with Crippen LogP contribution in [0.2, 0.25) is 0 Å². The van der Waals surface area contributed by atoms with Crippen LogP contribution < -0.4 is 9.80 Å². The van der Waals surface area contributed by atoms with Crippen molar-refractivity contribution in [3.05, 3.63) is 53.5 Å².